The molecule has 2 amide bonds. The molecule has 1 saturated heterocycles. The highest BCUT2D eigenvalue weighted by atomic mass is 16.2. The summed E-state index contributed by atoms with van der Waals surface area (Å²) >= 11 is 0. The number of hydrogen-bond acceptors (Lipinski definition) is 3. The van der Waals surface area contributed by atoms with Gasteiger partial charge in [0.1, 0.15) is 0 Å². The number of hydrogen-bond donors (Lipinski definition) is 1. The highest BCUT2D eigenvalue weighted by molar-refractivity contribution is 5.94. The molecule has 1 aliphatic rings. The lowest BCUT2D eigenvalue weighted by Gasteiger charge is -2.37. The zero-order chi connectivity index (χ0) is 17.5. The molecule has 0 radical (unpaired) electrons. The van der Waals surface area contributed by atoms with E-state index < -0.39 is 0 Å². The number of amides is 2. The first-order valence-corrected chi connectivity index (χ1v) is 8.95. The molecule has 1 fully saturated rings. The number of nitrogens with one attached hydrogen (secondary N) is 1. The van der Waals surface area contributed by atoms with Gasteiger partial charge >= 0.3 is 0 Å². The van der Waals surface area contributed by atoms with Crippen LogP contribution in [-0.2, 0) is 9.59 Å². The van der Waals surface area contributed by atoms with Gasteiger partial charge in [0.2, 0.25) is 11.8 Å². The van der Waals surface area contributed by atoms with Crippen LogP contribution >= 0.6 is 0 Å². The van der Waals surface area contributed by atoms with Gasteiger partial charge in [-0.3, -0.25) is 9.59 Å². The Labute approximate surface area is 145 Å². The van der Waals surface area contributed by atoms with Crippen molar-refractivity contribution in [3.05, 3.63) is 24.3 Å². The Morgan fingerprint density at radius 1 is 1.12 bits per heavy atom. The van der Waals surface area contributed by atoms with Crippen LogP contribution in [0, 0.1) is 5.92 Å². The maximum atomic E-state index is 12.1. The molecule has 5 nitrogen and oxygen atoms in total. The monoisotopic (exact) mass is 331 g/mol. The van der Waals surface area contributed by atoms with Crippen molar-refractivity contribution in [3.8, 4) is 0 Å². The summed E-state index contributed by atoms with van der Waals surface area (Å²) in [7, 11) is 0. The summed E-state index contributed by atoms with van der Waals surface area (Å²) < 4.78 is 0. The third-order valence-corrected chi connectivity index (χ3v) is 4.36. The van der Waals surface area contributed by atoms with E-state index in [1.807, 2.05) is 43.0 Å². The van der Waals surface area contributed by atoms with E-state index in [9.17, 15) is 9.59 Å². The summed E-state index contributed by atoms with van der Waals surface area (Å²) in [5, 5.41) is 3.03. The normalized spacial score (nSPS) is 14.8. The van der Waals surface area contributed by atoms with Gasteiger partial charge in [0.05, 0.1) is 11.4 Å². The van der Waals surface area contributed by atoms with E-state index in [1.54, 1.807) is 0 Å². The van der Waals surface area contributed by atoms with Gasteiger partial charge in [0.25, 0.3) is 0 Å². The first-order valence-electron chi connectivity index (χ1n) is 8.95. The molecule has 0 saturated carbocycles. The predicted molar refractivity (Wildman–Crippen MR) is 98.2 cm³/mol. The number of rotatable bonds is 6. The fourth-order valence-corrected chi connectivity index (χ4v) is 2.94. The van der Waals surface area contributed by atoms with E-state index >= 15 is 0 Å². The molecule has 0 aromatic heterocycles. The van der Waals surface area contributed by atoms with E-state index in [4.69, 9.17) is 0 Å². The number of carbonyl (C=O) groups excluding carboxylic acids is 2. The summed E-state index contributed by atoms with van der Waals surface area (Å²) in [5.74, 6) is 0.329. The Morgan fingerprint density at radius 2 is 1.79 bits per heavy atom. The predicted octanol–water partition coefficient (Wildman–Crippen LogP) is 3.12. The van der Waals surface area contributed by atoms with Crippen LogP contribution in [0.1, 0.15) is 40.0 Å². The molecule has 1 aromatic carbocycles. The van der Waals surface area contributed by atoms with Crippen LogP contribution in [0.15, 0.2) is 24.3 Å². The second kappa shape index (κ2) is 8.71. The van der Waals surface area contributed by atoms with E-state index in [-0.39, 0.29) is 17.7 Å². The highest BCUT2D eigenvalue weighted by Gasteiger charge is 2.24. The van der Waals surface area contributed by atoms with Crippen LogP contribution in [0.4, 0.5) is 11.4 Å². The van der Waals surface area contributed by atoms with Crippen molar-refractivity contribution in [2.24, 2.45) is 5.92 Å². The number of anilines is 2. The fraction of sp³-hybridized carbons (Fsp3) is 0.579. The molecule has 0 unspecified atom stereocenters. The van der Waals surface area contributed by atoms with Crippen molar-refractivity contribution in [2.45, 2.75) is 40.0 Å². The quantitative estimate of drug-likeness (QED) is 0.871. The lowest BCUT2D eigenvalue weighted by atomic mass is 10.1. The maximum absolute atomic E-state index is 12.1. The summed E-state index contributed by atoms with van der Waals surface area (Å²) in [6, 6.07) is 7.92. The zero-order valence-corrected chi connectivity index (χ0v) is 15.0. The lowest BCUT2D eigenvalue weighted by molar-refractivity contribution is -0.134. The van der Waals surface area contributed by atoms with Crippen molar-refractivity contribution in [1.82, 2.24) is 4.90 Å². The standard InChI is InChI=1S/C19H29N3O2/c1-4-5-10-18(23)20-16-8-6-7-9-17(16)21-11-13-22(14-12-21)19(24)15(2)3/h6-9,15H,4-5,10-14H2,1-3H3,(H,20,23). The minimum absolute atomic E-state index is 0.0432. The van der Waals surface area contributed by atoms with E-state index in [0.717, 1.165) is 50.4 Å². The molecule has 132 valence electrons. The van der Waals surface area contributed by atoms with Gasteiger partial charge < -0.3 is 15.1 Å². The Kier molecular flexibility index (Phi) is 6.64. The summed E-state index contributed by atoms with van der Waals surface area (Å²) in [5.41, 5.74) is 1.90. The number of para-hydroxylation sites is 2. The Hall–Kier alpha value is -2.04. The maximum Gasteiger partial charge on any atom is 0.225 e. The molecule has 5 heteroatoms. The Balaban J connectivity index is 2.00. The number of carbonyl (C=O) groups is 2. The van der Waals surface area contributed by atoms with Crippen LogP contribution in [0.2, 0.25) is 0 Å². The first kappa shape index (κ1) is 18.3. The van der Waals surface area contributed by atoms with Gasteiger partial charge in [0.15, 0.2) is 0 Å². The number of unbranched alkanes of at least 4 members (excludes halogenated alkanes) is 1. The summed E-state index contributed by atoms with van der Waals surface area (Å²) in [4.78, 5) is 28.3. The molecule has 24 heavy (non-hydrogen) atoms. The van der Waals surface area contributed by atoms with Crippen LogP contribution in [-0.4, -0.2) is 42.9 Å². The fourth-order valence-electron chi connectivity index (χ4n) is 2.94. The molecule has 0 aliphatic carbocycles. The van der Waals surface area contributed by atoms with E-state index in [2.05, 4.69) is 17.1 Å². The van der Waals surface area contributed by atoms with Gasteiger partial charge in [0, 0.05) is 38.5 Å². The molecular formula is C19H29N3O2. The summed E-state index contributed by atoms with van der Waals surface area (Å²) in [6.07, 6.45) is 2.48. The molecule has 1 N–H and O–H groups in total. The average molecular weight is 331 g/mol. The molecular weight excluding hydrogens is 302 g/mol. The number of piperazine rings is 1. The minimum Gasteiger partial charge on any atom is -0.366 e. The molecule has 1 heterocycles. The van der Waals surface area contributed by atoms with Crippen LogP contribution in [0.3, 0.4) is 0 Å². The van der Waals surface area contributed by atoms with Crippen molar-refractivity contribution in [2.75, 3.05) is 36.4 Å². The molecule has 1 aliphatic heterocycles. The third-order valence-electron chi connectivity index (χ3n) is 4.36. The minimum atomic E-state index is 0.0432. The van der Waals surface area contributed by atoms with Gasteiger partial charge in [-0.15, -0.1) is 0 Å². The van der Waals surface area contributed by atoms with Crippen molar-refractivity contribution < 1.29 is 9.59 Å². The SMILES string of the molecule is CCCCC(=O)Nc1ccccc1N1CCN(C(=O)C(C)C)CC1. The van der Waals surface area contributed by atoms with E-state index in [1.165, 1.54) is 0 Å². The lowest BCUT2D eigenvalue weighted by Crippen LogP contribution is -2.50. The van der Waals surface area contributed by atoms with Gasteiger partial charge in [-0.25, -0.2) is 0 Å². The smallest absolute Gasteiger partial charge is 0.225 e. The number of benzene rings is 1. The molecule has 2 rings (SSSR count). The highest BCUT2D eigenvalue weighted by Crippen LogP contribution is 2.27. The second-order valence-electron chi connectivity index (χ2n) is 6.64. The van der Waals surface area contributed by atoms with Crippen molar-refractivity contribution in [1.29, 1.82) is 0 Å². The van der Waals surface area contributed by atoms with Crippen LogP contribution in [0.25, 0.3) is 0 Å². The van der Waals surface area contributed by atoms with Crippen molar-refractivity contribution in [3.63, 3.8) is 0 Å². The zero-order valence-electron chi connectivity index (χ0n) is 15.0. The summed E-state index contributed by atoms with van der Waals surface area (Å²) in [6.45, 7) is 9.01. The van der Waals surface area contributed by atoms with Crippen molar-refractivity contribution >= 4 is 23.2 Å². The van der Waals surface area contributed by atoms with Crippen LogP contribution < -0.4 is 10.2 Å². The topological polar surface area (TPSA) is 52.7 Å². The van der Waals surface area contributed by atoms with Crippen LogP contribution in [0.5, 0.6) is 0 Å². The van der Waals surface area contributed by atoms with Gasteiger partial charge in [-0.1, -0.05) is 39.3 Å². The van der Waals surface area contributed by atoms with E-state index in [0.29, 0.717) is 6.42 Å². The molecule has 1 aromatic rings. The molecule has 0 atom stereocenters. The Morgan fingerprint density at radius 3 is 2.42 bits per heavy atom. The first-order chi connectivity index (χ1) is 11.5. The van der Waals surface area contributed by atoms with Gasteiger partial charge in [-0.05, 0) is 18.6 Å². The second-order valence-corrected chi connectivity index (χ2v) is 6.64. The molecule has 0 spiro atoms. The average Bonchev–Trinajstić information content (AvgIpc) is 2.60. The third kappa shape index (κ3) is 4.73. The largest absolute Gasteiger partial charge is 0.366 e. The Bertz CT molecular complexity index is 563. The molecule has 0 bridgehead atoms. The number of nitrogens with zero attached hydrogens (tertiary/aromatic N) is 2. The van der Waals surface area contributed by atoms with Gasteiger partial charge in [-0.2, -0.15) is 0 Å².